The molecule has 10 heteroatoms. The van der Waals surface area contributed by atoms with Crippen LogP contribution in [0.2, 0.25) is 5.02 Å². The van der Waals surface area contributed by atoms with Gasteiger partial charge in [-0.1, -0.05) is 17.7 Å². The number of ether oxygens (including phenoxy) is 2. The molecule has 0 aliphatic heterocycles. The van der Waals surface area contributed by atoms with Crippen molar-refractivity contribution in [2.24, 2.45) is 0 Å². The van der Waals surface area contributed by atoms with Crippen molar-refractivity contribution < 1.29 is 33.4 Å². The number of carbonyl (C=O) groups is 3. The molecule has 3 aromatic rings. The molecule has 1 heterocycles. The van der Waals surface area contributed by atoms with E-state index in [0.717, 1.165) is 0 Å². The normalized spacial score (nSPS) is 10.4. The number of hydrogen-bond acceptors (Lipinski definition) is 6. The Bertz CT molecular complexity index is 1100. The fourth-order valence-electron chi connectivity index (χ4n) is 2.64. The molecule has 32 heavy (non-hydrogen) atoms. The number of aromatic carboxylic acids is 1. The van der Waals surface area contributed by atoms with Crippen LogP contribution in [0.3, 0.4) is 0 Å². The molecule has 3 rings (SSSR count). The summed E-state index contributed by atoms with van der Waals surface area (Å²) < 4.78 is 15.9. The number of carboxylic acid groups (broad SMARTS) is 1. The van der Waals surface area contributed by atoms with Gasteiger partial charge in [0.05, 0.1) is 17.5 Å². The Morgan fingerprint density at radius 2 is 1.75 bits per heavy atom. The average molecular weight is 459 g/mol. The van der Waals surface area contributed by atoms with Gasteiger partial charge in [-0.25, -0.2) is 4.79 Å². The van der Waals surface area contributed by atoms with Gasteiger partial charge in [0.2, 0.25) is 11.8 Å². The number of anilines is 2. The summed E-state index contributed by atoms with van der Waals surface area (Å²) in [6.45, 7) is -0.571. The second-order valence-corrected chi connectivity index (χ2v) is 6.92. The monoisotopic (exact) mass is 458 g/mol. The van der Waals surface area contributed by atoms with Crippen molar-refractivity contribution in [3.63, 3.8) is 0 Å². The minimum Gasteiger partial charge on any atom is -0.486 e. The highest BCUT2D eigenvalue weighted by molar-refractivity contribution is 6.31. The van der Waals surface area contributed by atoms with Gasteiger partial charge < -0.3 is 29.6 Å². The smallest absolute Gasteiger partial charge is 0.337 e. The van der Waals surface area contributed by atoms with E-state index < -0.39 is 24.4 Å². The Labute approximate surface area is 187 Å². The van der Waals surface area contributed by atoms with Crippen LogP contribution in [-0.2, 0) is 20.9 Å². The molecular formula is C22H19ClN2O7. The minimum absolute atomic E-state index is 0.0753. The molecule has 0 aliphatic carbocycles. The number of carboxylic acids is 1. The van der Waals surface area contributed by atoms with Crippen LogP contribution in [0.4, 0.5) is 11.4 Å². The molecule has 0 saturated heterocycles. The maximum Gasteiger partial charge on any atom is 0.337 e. The van der Waals surface area contributed by atoms with Crippen molar-refractivity contribution in [3.8, 4) is 5.75 Å². The Kier molecular flexibility index (Phi) is 7.85. The zero-order valence-corrected chi connectivity index (χ0v) is 17.4. The van der Waals surface area contributed by atoms with Crippen LogP contribution in [0.15, 0.2) is 65.3 Å². The van der Waals surface area contributed by atoms with Gasteiger partial charge in [0.15, 0.2) is 0 Å². The van der Waals surface area contributed by atoms with E-state index in [2.05, 4.69) is 10.6 Å². The molecule has 3 N–H and O–H groups in total. The molecule has 0 atom stereocenters. The topological polar surface area (TPSA) is 127 Å². The summed E-state index contributed by atoms with van der Waals surface area (Å²) in [5.74, 6) is -1.12. The van der Waals surface area contributed by atoms with Crippen LogP contribution in [0, 0.1) is 0 Å². The summed E-state index contributed by atoms with van der Waals surface area (Å²) in [6, 6.07) is 14.4. The SMILES string of the molecule is O=C(COCC(=O)Nc1ccc(Cl)cc1C(=O)O)Nc1cccc(OCc2ccco2)c1. The Morgan fingerprint density at radius 1 is 0.969 bits per heavy atom. The maximum absolute atomic E-state index is 12.1. The summed E-state index contributed by atoms with van der Waals surface area (Å²) in [4.78, 5) is 35.3. The van der Waals surface area contributed by atoms with Crippen LogP contribution < -0.4 is 15.4 Å². The Hall–Kier alpha value is -3.82. The fraction of sp³-hybridized carbons (Fsp3) is 0.136. The number of amides is 2. The predicted molar refractivity (Wildman–Crippen MR) is 116 cm³/mol. The molecule has 1 aromatic heterocycles. The van der Waals surface area contributed by atoms with Gasteiger partial charge in [-0.2, -0.15) is 0 Å². The Morgan fingerprint density at radius 3 is 2.47 bits per heavy atom. The standard InChI is InChI=1S/C22H19ClN2O7/c23-14-6-7-19(18(9-14)22(28)29)25-21(27)13-30-12-20(26)24-15-3-1-4-16(10-15)32-11-17-5-2-8-31-17/h1-10H,11-13H2,(H,24,26)(H,25,27)(H,28,29). The molecule has 166 valence electrons. The van der Waals surface area contributed by atoms with Gasteiger partial charge >= 0.3 is 5.97 Å². The lowest BCUT2D eigenvalue weighted by atomic mass is 10.2. The van der Waals surface area contributed by atoms with Crippen LogP contribution in [-0.4, -0.2) is 36.1 Å². The lowest BCUT2D eigenvalue weighted by Gasteiger charge is -2.10. The van der Waals surface area contributed by atoms with Gasteiger partial charge in [-0.3, -0.25) is 9.59 Å². The van der Waals surface area contributed by atoms with E-state index in [4.69, 9.17) is 25.5 Å². The lowest BCUT2D eigenvalue weighted by molar-refractivity contribution is -0.125. The summed E-state index contributed by atoms with van der Waals surface area (Å²) in [6.07, 6.45) is 1.55. The van der Waals surface area contributed by atoms with Crippen LogP contribution >= 0.6 is 11.6 Å². The third-order valence-electron chi connectivity index (χ3n) is 4.03. The van der Waals surface area contributed by atoms with Crippen molar-refractivity contribution in [3.05, 3.63) is 77.2 Å². The number of rotatable bonds is 10. The lowest BCUT2D eigenvalue weighted by Crippen LogP contribution is -2.24. The van der Waals surface area contributed by atoms with Crippen LogP contribution in [0.25, 0.3) is 0 Å². The second-order valence-electron chi connectivity index (χ2n) is 6.48. The zero-order chi connectivity index (χ0) is 22.9. The Balaban J connectivity index is 1.44. The highest BCUT2D eigenvalue weighted by Gasteiger charge is 2.14. The van der Waals surface area contributed by atoms with E-state index >= 15 is 0 Å². The van der Waals surface area contributed by atoms with Gasteiger partial charge in [0.25, 0.3) is 0 Å². The molecule has 0 unspecified atom stereocenters. The first kappa shape index (κ1) is 22.9. The fourth-order valence-corrected chi connectivity index (χ4v) is 2.81. The molecule has 9 nitrogen and oxygen atoms in total. The average Bonchev–Trinajstić information content (AvgIpc) is 3.27. The van der Waals surface area contributed by atoms with E-state index in [1.54, 1.807) is 42.7 Å². The van der Waals surface area contributed by atoms with Crippen molar-refractivity contribution in [1.82, 2.24) is 0 Å². The van der Waals surface area contributed by atoms with Gasteiger partial charge in [0.1, 0.15) is 31.3 Å². The van der Waals surface area contributed by atoms with Gasteiger partial charge in [0, 0.05) is 16.8 Å². The number of halogens is 1. The van der Waals surface area contributed by atoms with Crippen LogP contribution in [0.1, 0.15) is 16.1 Å². The second kappa shape index (κ2) is 11.0. The highest BCUT2D eigenvalue weighted by Crippen LogP contribution is 2.21. The first-order valence-electron chi connectivity index (χ1n) is 9.36. The summed E-state index contributed by atoms with van der Waals surface area (Å²) in [5, 5.41) is 14.5. The third kappa shape index (κ3) is 6.86. The van der Waals surface area contributed by atoms with Crippen molar-refractivity contribution in [1.29, 1.82) is 0 Å². The molecule has 2 amide bonds. The molecule has 0 radical (unpaired) electrons. The summed E-state index contributed by atoms with van der Waals surface area (Å²) >= 11 is 5.78. The highest BCUT2D eigenvalue weighted by atomic mass is 35.5. The predicted octanol–water partition coefficient (Wildman–Crippen LogP) is 3.80. The first-order chi connectivity index (χ1) is 15.4. The molecule has 0 spiro atoms. The van der Waals surface area contributed by atoms with E-state index in [1.165, 1.54) is 18.2 Å². The van der Waals surface area contributed by atoms with E-state index in [-0.39, 0.29) is 29.5 Å². The third-order valence-corrected chi connectivity index (χ3v) is 4.27. The van der Waals surface area contributed by atoms with E-state index in [1.807, 2.05) is 0 Å². The largest absolute Gasteiger partial charge is 0.486 e. The quantitative estimate of drug-likeness (QED) is 0.421. The molecule has 0 bridgehead atoms. The van der Waals surface area contributed by atoms with Gasteiger partial charge in [-0.05, 0) is 42.5 Å². The van der Waals surface area contributed by atoms with E-state index in [0.29, 0.717) is 17.2 Å². The van der Waals surface area contributed by atoms with Crippen LogP contribution in [0.5, 0.6) is 5.75 Å². The first-order valence-corrected chi connectivity index (χ1v) is 9.74. The van der Waals surface area contributed by atoms with Crippen molar-refractivity contribution in [2.75, 3.05) is 23.8 Å². The summed E-state index contributed by atoms with van der Waals surface area (Å²) in [7, 11) is 0. The molecule has 2 aromatic carbocycles. The van der Waals surface area contributed by atoms with Crippen molar-refractivity contribution >= 4 is 40.8 Å². The maximum atomic E-state index is 12.1. The number of furan rings is 1. The molecule has 0 saturated carbocycles. The number of hydrogen-bond donors (Lipinski definition) is 3. The molecular weight excluding hydrogens is 440 g/mol. The minimum atomic E-state index is -1.24. The van der Waals surface area contributed by atoms with E-state index in [9.17, 15) is 19.5 Å². The molecule has 0 fully saturated rings. The molecule has 0 aliphatic rings. The number of benzene rings is 2. The van der Waals surface area contributed by atoms with Crippen molar-refractivity contribution in [2.45, 2.75) is 6.61 Å². The summed E-state index contributed by atoms with van der Waals surface area (Å²) in [5.41, 5.74) is 0.413. The number of nitrogens with one attached hydrogen (secondary N) is 2. The van der Waals surface area contributed by atoms with Gasteiger partial charge in [-0.15, -0.1) is 0 Å². The number of carbonyl (C=O) groups excluding carboxylic acids is 2. The zero-order valence-electron chi connectivity index (χ0n) is 16.7.